The molecular formula is C9H18O. The zero-order chi connectivity index (χ0) is 6.69. The van der Waals surface area contributed by atoms with Gasteiger partial charge in [-0.2, -0.15) is 0 Å². The van der Waals surface area contributed by atoms with Crippen molar-refractivity contribution in [3.63, 3.8) is 0 Å². The zero-order valence-electron chi connectivity index (χ0n) is 6.18. The number of hydrogen-bond donors (Lipinski definition) is 0. The lowest BCUT2D eigenvalue weighted by atomic mass is 9.99. The molecule has 0 saturated carbocycles. The lowest BCUT2D eigenvalue weighted by molar-refractivity contribution is 0.151. The summed E-state index contributed by atoms with van der Waals surface area (Å²) in [7, 11) is 0. The molecule has 60 valence electrons. The van der Waals surface area contributed by atoms with Gasteiger partial charge in [0.05, 0.1) is 13.2 Å². The van der Waals surface area contributed by atoms with Crippen LogP contribution in [0.4, 0.5) is 0 Å². The minimum absolute atomic E-state index is 0. The van der Waals surface area contributed by atoms with E-state index in [1.807, 2.05) is 0 Å². The standard InChI is InChI=1S/C8H14O.CH4/c1-7(2)8-3-5-9-6-4-8;/h3,7H,4-6H2,1-2H3;1H4. The summed E-state index contributed by atoms with van der Waals surface area (Å²) in [5.74, 6) is 0.717. The van der Waals surface area contributed by atoms with Gasteiger partial charge in [-0.05, 0) is 12.3 Å². The fourth-order valence-corrected chi connectivity index (χ4v) is 1.07. The summed E-state index contributed by atoms with van der Waals surface area (Å²) in [6.07, 6.45) is 3.34. The molecule has 0 aromatic heterocycles. The van der Waals surface area contributed by atoms with Gasteiger partial charge in [0.1, 0.15) is 0 Å². The molecule has 1 aliphatic rings. The van der Waals surface area contributed by atoms with Crippen molar-refractivity contribution in [3.05, 3.63) is 11.6 Å². The Hall–Kier alpha value is -0.300. The van der Waals surface area contributed by atoms with E-state index < -0.39 is 0 Å². The molecule has 0 aromatic rings. The molecule has 0 amide bonds. The Morgan fingerprint density at radius 1 is 1.50 bits per heavy atom. The van der Waals surface area contributed by atoms with Crippen LogP contribution in [-0.4, -0.2) is 13.2 Å². The second-order valence-electron chi connectivity index (χ2n) is 2.76. The third-order valence-corrected chi connectivity index (χ3v) is 1.74. The monoisotopic (exact) mass is 142 g/mol. The number of hydrogen-bond acceptors (Lipinski definition) is 1. The molecule has 0 aliphatic carbocycles. The Kier molecular flexibility index (Phi) is 4.37. The van der Waals surface area contributed by atoms with Gasteiger partial charge in [-0.25, -0.2) is 0 Å². The van der Waals surface area contributed by atoms with Gasteiger partial charge in [0.2, 0.25) is 0 Å². The van der Waals surface area contributed by atoms with Gasteiger partial charge in [-0.1, -0.05) is 32.9 Å². The summed E-state index contributed by atoms with van der Waals surface area (Å²) < 4.78 is 5.17. The van der Waals surface area contributed by atoms with Crippen molar-refractivity contribution in [2.24, 2.45) is 5.92 Å². The Morgan fingerprint density at radius 2 is 2.20 bits per heavy atom. The van der Waals surface area contributed by atoms with Crippen molar-refractivity contribution in [2.75, 3.05) is 13.2 Å². The highest BCUT2D eigenvalue weighted by molar-refractivity contribution is 5.06. The number of ether oxygens (including phenoxy) is 1. The van der Waals surface area contributed by atoms with Crippen LogP contribution in [0.5, 0.6) is 0 Å². The third-order valence-electron chi connectivity index (χ3n) is 1.74. The molecule has 0 spiro atoms. The zero-order valence-corrected chi connectivity index (χ0v) is 6.18. The molecule has 0 saturated heterocycles. The molecule has 0 bridgehead atoms. The molecule has 1 nitrogen and oxygen atoms in total. The largest absolute Gasteiger partial charge is 0.377 e. The highest BCUT2D eigenvalue weighted by Crippen LogP contribution is 2.16. The molecular weight excluding hydrogens is 124 g/mol. The Bertz CT molecular complexity index is 114. The first kappa shape index (κ1) is 9.70. The first-order valence-corrected chi connectivity index (χ1v) is 3.57. The molecule has 0 N–H and O–H groups in total. The van der Waals surface area contributed by atoms with Crippen molar-refractivity contribution >= 4 is 0 Å². The smallest absolute Gasteiger partial charge is 0.0650 e. The topological polar surface area (TPSA) is 9.23 Å². The van der Waals surface area contributed by atoms with E-state index in [2.05, 4.69) is 19.9 Å². The van der Waals surface area contributed by atoms with Gasteiger partial charge in [-0.15, -0.1) is 0 Å². The summed E-state index contributed by atoms with van der Waals surface area (Å²) in [6, 6.07) is 0. The van der Waals surface area contributed by atoms with Crippen LogP contribution in [0.15, 0.2) is 11.6 Å². The Morgan fingerprint density at radius 3 is 2.50 bits per heavy atom. The molecule has 1 rings (SSSR count). The molecule has 1 heteroatoms. The first-order chi connectivity index (χ1) is 4.30. The third kappa shape index (κ3) is 2.53. The molecule has 0 atom stereocenters. The lowest BCUT2D eigenvalue weighted by Crippen LogP contribution is -2.07. The maximum Gasteiger partial charge on any atom is 0.0650 e. The quantitative estimate of drug-likeness (QED) is 0.511. The molecule has 1 aliphatic heterocycles. The van der Waals surface area contributed by atoms with Gasteiger partial charge in [0.25, 0.3) is 0 Å². The van der Waals surface area contributed by atoms with Crippen LogP contribution < -0.4 is 0 Å². The lowest BCUT2D eigenvalue weighted by Gasteiger charge is -2.15. The van der Waals surface area contributed by atoms with Crippen molar-refractivity contribution in [1.82, 2.24) is 0 Å². The Balaban J connectivity index is 0.000000810. The van der Waals surface area contributed by atoms with Crippen LogP contribution in [0.3, 0.4) is 0 Å². The maximum atomic E-state index is 5.17. The van der Waals surface area contributed by atoms with Gasteiger partial charge < -0.3 is 4.74 Å². The molecule has 0 fully saturated rings. The van der Waals surface area contributed by atoms with E-state index in [1.54, 1.807) is 5.57 Å². The average Bonchev–Trinajstić information content (AvgIpc) is 1.90. The molecule has 0 unspecified atom stereocenters. The van der Waals surface area contributed by atoms with Crippen LogP contribution in [-0.2, 0) is 4.74 Å². The van der Waals surface area contributed by atoms with E-state index in [1.165, 1.54) is 0 Å². The summed E-state index contributed by atoms with van der Waals surface area (Å²) >= 11 is 0. The predicted octanol–water partition coefficient (Wildman–Crippen LogP) is 2.63. The fraction of sp³-hybridized carbons (Fsp3) is 0.778. The van der Waals surface area contributed by atoms with Gasteiger partial charge in [0, 0.05) is 0 Å². The SMILES string of the molecule is C.CC(C)C1=CCOCC1. The second kappa shape index (κ2) is 4.51. The van der Waals surface area contributed by atoms with E-state index in [4.69, 9.17) is 4.74 Å². The predicted molar refractivity (Wildman–Crippen MR) is 45.1 cm³/mol. The summed E-state index contributed by atoms with van der Waals surface area (Å²) in [4.78, 5) is 0. The van der Waals surface area contributed by atoms with Gasteiger partial charge >= 0.3 is 0 Å². The van der Waals surface area contributed by atoms with Crippen LogP contribution >= 0.6 is 0 Å². The van der Waals surface area contributed by atoms with Crippen LogP contribution in [0.1, 0.15) is 27.7 Å². The molecule has 0 radical (unpaired) electrons. The highest BCUT2D eigenvalue weighted by atomic mass is 16.5. The van der Waals surface area contributed by atoms with Crippen LogP contribution in [0, 0.1) is 5.92 Å². The molecule has 1 heterocycles. The van der Waals surface area contributed by atoms with E-state index in [9.17, 15) is 0 Å². The van der Waals surface area contributed by atoms with Gasteiger partial charge in [0.15, 0.2) is 0 Å². The minimum Gasteiger partial charge on any atom is -0.377 e. The van der Waals surface area contributed by atoms with E-state index >= 15 is 0 Å². The van der Waals surface area contributed by atoms with Crippen molar-refractivity contribution in [2.45, 2.75) is 27.7 Å². The first-order valence-electron chi connectivity index (χ1n) is 3.57. The molecule has 0 aromatic carbocycles. The minimum atomic E-state index is 0. The normalized spacial score (nSPS) is 18.1. The van der Waals surface area contributed by atoms with Crippen molar-refractivity contribution in [3.8, 4) is 0 Å². The van der Waals surface area contributed by atoms with E-state index in [-0.39, 0.29) is 7.43 Å². The second-order valence-corrected chi connectivity index (χ2v) is 2.76. The van der Waals surface area contributed by atoms with Gasteiger partial charge in [-0.3, -0.25) is 0 Å². The summed E-state index contributed by atoms with van der Waals surface area (Å²) in [5, 5.41) is 0. The van der Waals surface area contributed by atoms with Crippen LogP contribution in [0.25, 0.3) is 0 Å². The summed E-state index contributed by atoms with van der Waals surface area (Å²) in [5.41, 5.74) is 1.56. The van der Waals surface area contributed by atoms with Crippen molar-refractivity contribution < 1.29 is 4.74 Å². The average molecular weight is 142 g/mol. The maximum absolute atomic E-state index is 5.17. The Labute approximate surface area is 64.1 Å². The molecule has 10 heavy (non-hydrogen) atoms. The van der Waals surface area contributed by atoms with Crippen molar-refractivity contribution in [1.29, 1.82) is 0 Å². The summed E-state index contributed by atoms with van der Waals surface area (Å²) in [6.45, 7) is 6.21. The number of rotatable bonds is 1. The fourth-order valence-electron chi connectivity index (χ4n) is 1.07. The van der Waals surface area contributed by atoms with Crippen LogP contribution in [0.2, 0.25) is 0 Å². The van der Waals surface area contributed by atoms with E-state index in [0.29, 0.717) is 5.92 Å². The highest BCUT2D eigenvalue weighted by Gasteiger charge is 2.05. The van der Waals surface area contributed by atoms with E-state index in [0.717, 1.165) is 19.6 Å².